The molecule has 0 aliphatic carbocycles. The summed E-state index contributed by atoms with van der Waals surface area (Å²) in [5.41, 5.74) is 5.57. The summed E-state index contributed by atoms with van der Waals surface area (Å²) in [7, 11) is 0. The number of para-hydroxylation sites is 1. The number of rotatable bonds is 8. The fourth-order valence-corrected chi connectivity index (χ4v) is 6.35. The fraction of sp³-hybridized carbons (Fsp3) is 0.357. The van der Waals surface area contributed by atoms with E-state index in [4.69, 9.17) is 4.42 Å². The van der Waals surface area contributed by atoms with Gasteiger partial charge in [-0.1, -0.05) is 89.7 Å². The molecule has 4 aromatic carbocycles. The van der Waals surface area contributed by atoms with E-state index >= 15 is 0 Å². The second-order valence-electron chi connectivity index (χ2n) is 13.5. The molecule has 0 amide bonds. The molecule has 0 spiro atoms. The minimum Gasteiger partial charge on any atom is -0.512 e. The minimum absolute atomic E-state index is 0. The van der Waals surface area contributed by atoms with Crippen LogP contribution in [0.3, 0.4) is 0 Å². The van der Waals surface area contributed by atoms with Crippen LogP contribution < -0.4 is 0 Å². The van der Waals surface area contributed by atoms with Crippen molar-refractivity contribution in [2.45, 2.75) is 88.0 Å². The average molecular weight is 838 g/mol. The molecular formula is C42H46FIrN2O3-. The van der Waals surface area contributed by atoms with Gasteiger partial charge in [-0.15, -0.1) is 17.7 Å². The van der Waals surface area contributed by atoms with Crippen molar-refractivity contribution in [3.05, 3.63) is 95.3 Å². The van der Waals surface area contributed by atoms with Crippen molar-refractivity contribution in [3.63, 3.8) is 0 Å². The van der Waals surface area contributed by atoms with Gasteiger partial charge >= 0.3 is 0 Å². The Morgan fingerprint density at radius 2 is 1.55 bits per heavy atom. The molecule has 0 saturated carbocycles. The van der Waals surface area contributed by atoms with Gasteiger partial charge in [0.05, 0.1) is 11.1 Å². The third-order valence-corrected chi connectivity index (χ3v) is 10.8. The first-order valence-electron chi connectivity index (χ1n) is 17.0. The summed E-state index contributed by atoms with van der Waals surface area (Å²) in [6.07, 6.45) is 6.29. The van der Waals surface area contributed by atoms with E-state index in [0.717, 1.165) is 86.1 Å². The summed E-state index contributed by atoms with van der Waals surface area (Å²) < 4.78 is 21.0. The van der Waals surface area contributed by atoms with Gasteiger partial charge in [-0.3, -0.25) is 9.78 Å². The summed E-state index contributed by atoms with van der Waals surface area (Å²) in [6, 6.07) is 19.3. The summed E-state index contributed by atoms with van der Waals surface area (Å²) in [5, 5.41) is 14.9. The molecule has 2 heterocycles. The topological polar surface area (TPSA) is 76.2 Å². The van der Waals surface area contributed by atoms with E-state index in [1.165, 1.54) is 12.4 Å². The Morgan fingerprint density at radius 1 is 0.898 bits per heavy atom. The molecule has 0 atom stereocenters. The molecule has 259 valence electrons. The van der Waals surface area contributed by atoms with E-state index in [-0.39, 0.29) is 48.3 Å². The fourth-order valence-electron chi connectivity index (χ4n) is 6.35. The molecule has 2 aromatic heterocycles. The molecule has 6 rings (SSSR count). The first-order chi connectivity index (χ1) is 22.8. The maximum absolute atomic E-state index is 14.7. The van der Waals surface area contributed by atoms with Crippen molar-refractivity contribution in [2.75, 3.05) is 0 Å². The van der Waals surface area contributed by atoms with Gasteiger partial charge in [0.15, 0.2) is 5.78 Å². The van der Waals surface area contributed by atoms with Crippen molar-refractivity contribution in [3.8, 4) is 11.3 Å². The van der Waals surface area contributed by atoms with Crippen LogP contribution in [0.2, 0.25) is 0 Å². The van der Waals surface area contributed by atoms with Crippen LogP contribution in [0.1, 0.15) is 83.9 Å². The predicted octanol–water partition coefficient (Wildman–Crippen LogP) is 11.9. The zero-order chi connectivity index (χ0) is 35.0. The van der Waals surface area contributed by atoms with E-state index in [0.29, 0.717) is 11.1 Å². The van der Waals surface area contributed by atoms with Crippen molar-refractivity contribution >= 4 is 49.4 Å². The quantitative estimate of drug-likeness (QED) is 0.0715. The summed E-state index contributed by atoms with van der Waals surface area (Å²) in [5.74, 6) is 0.0930. The number of hydrogen-bond acceptors (Lipinski definition) is 5. The smallest absolute Gasteiger partial charge is 0.164 e. The maximum atomic E-state index is 14.7. The van der Waals surface area contributed by atoms with Gasteiger partial charge in [0.1, 0.15) is 23.5 Å². The number of benzene rings is 4. The number of fused-ring (bicyclic) bond motifs is 6. The van der Waals surface area contributed by atoms with Gasteiger partial charge in [-0.25, -0.2) is 9.37 Å². The molecule has 0 bridgehead atoms. The normalized spacial score (nSPS) is 12.3. The number of halogens is 1. The maximum Gasteiger partial charge on any atom is 0.164 e. The van der Waals surface area contributed by atoms with Crippen LogP contribution in [0, 0.1) is 43.5 Å². The number of aromatic nitrogens is 2. The number of nitrogens with zero attached hydrogens (tertiary/aromatic N) is 2. The zero-order valence-electron chi connectivity index (χ0n) is 30.0. The molecule has 5 nitrogen and oxygen atoms in total. The third kappa shape index (κ3) is 6.80. The molecule has 6 aromatic rings. The van der Waals surface area contributed by atoms with Crippen LogP contribution >= 0.6 is 0 Å². The molecule has 1 N–H and O–H groups in total. The largest absolute Gasteiger partial charge is 0.512 e. The van der Waals surface area contributed by atoms with E-state index in [1.807, 2.05) is 84.0 Å². The molecule has 0 unspecified atom stereocenters. The Balaban J connectivity index is 0.000000260. The number of aryl methyl sites for hydroxylation is 3. The number of furan rings is 1. The summed E-state index contributed by atoms with van der Waals surface area (Å²) in [4.78, 5) is 21.3. The van der Waals surface area contributed by atoms with E-state index in [9.17, 15) is 14.3 Å². The van der Waals surface area contributed by atoms with Gasteiger partial charge in [0.25, 0.3) is 0 Å². The second-order valence-corrected chi connectivity index (χ2v) is 13.5. The first-order valence-corrected chi connectivity index (χ1v) is 17.0. The molecular weight excluding hydrogens is 792 g/mol. The van der Waals surface area contributed by atoms with Gasteiger partial charge in [0, 0.05) is 53.5 Å². The Kier molecular flexibility index (Phi) is 11.5. The monoisotopic (exact) mass is 838 g/mol. The van der Waals surface area contributed by atoms with Crippen LogP contribution in [0.15, 0.2) is 71.1 Å². The molecule has 7 heteroatoms. The van der Waals surface area contributed by atoms with Gasteiger partial charge in [-0.05, 0) is 73.6 Å². The number of aliphatic hydroxyl groups is 1. The van der Waals surface area contributed by atoms with E-state index in [1.54, 1.807) is 13.8 Å². The molecule has 0 saturated heterocycles. The standard InChI is InChI=1S/C27H18FN2O.C15H28O2.Ir/c1-14-8-10-20(27-22(14)18-6-4-5-7-21(18)31-27)25-19-11-9-17-12-15(2)24(28)16(3)23(17)26(19)30-13-29-25;1-7-14(5,8-2)12(16)11-13(17)15(6,9-3)10-4;/h4-9,11-13H,1-3H3;11,16H,7-10H2,1-6H3;/q-1;;/b;12-11-;. The Hall–Kier alpha value is -3.93. The minimum atomic E-state index is -0.337. The van der Waals surface area contributed by atoms with E-state index < -0.39 is 0 Å². The van der Waals surface area contributed by atoms with Crippen molar-refractivity contribution in [1.82, 2.24) is 9.97 Å². The molecule has 0 aliphatic rings. The van der Waals surface area contributed by atoms with Crippen molar-refractivity contribution in [1.29, 1.82) is 0 Å². The Labute approximate surface area is 302 Å². The predicted molar refractivity (Wildman–Crippen MR) is 196 cm³/mol. The van der Waals surface area contributed by atoms with Crippen LogP contribution in [-0.4, -0.2) is 20.9 Å². The summed E-state index contributed by atoms with van der Waals surface area (Å²) in [6.45, 7) is 17.7. The van der Waals surface area contributed by atoms with Crippen molar-refractivity contribution in [2.24, 2.45) is 10.8 Å². The SMILES string of the molecule is CCC(C)(CC)C(=O)/C=C(\O)C(C)(CC)CC.Cc1cc2ccc3c(-c4[c-]cc(C)c5c4oc4ccccc45)ncnc3c2c(C)c1F.[Ir]. The third-order valence-electron chi connectivity index (χ3n) is 10.8. The number of allylic oxidation sites excluding steroid dienone is 2. The first kappa shape index (κ1) is 37.9. The van der Waals surface area contributed by atoms with E-state index in [2.05, 4.69) is 29.0 Å². The molecule has 1 radical (unpaired) electrons. The second kappa shape index (κ2) is 14.9. The van der Waals surface area contributed by atoms with Gasteiger partial charge < -0.3 is 9.52 Å². The Bertz CT molecular complexity index is 2190. The number of aliphatic hydroxyl groups excluding tert-OH is 1. The van der Waals surface area contributed by atoms with Crippen molar-refractivity contribution < 1.29 is 38.8 Å². The van der Waals surface area contributed by atoms with Crippen LogP contribution in [0.25, 0.3) is 54.9 Å². The average Bonchev–Trinajstić information content (AvgIpc) is 3.50. The number of hydrogen-bond donors (Lipinski definition) is 1. The number of ketones is 1. The summed E-state index contributed by atoms with van der Waals surface area (Å²) >= 11 is 0. The van der Waals surface area contributed by atoms with Crippen LogP contribution in [0.4, 0.5) is 4.39 Å². The Morgan fingerprint density at radius 3 is 2.20 bits per heavy atom. The van der Waals surface area contributed by atoms with Gasteiger partial charge in [-0.2, -0.15) is 0 Å². The number of carbonyl (C=O) groups excluding carboxylic acids is 1. The molecule has 0 aliphatic heterocycles. The van der Waals surface area contributed by atoms with Crippen LogP contribution in [-0.2, 0) is 24.9 Å². The van der Waals surface area contributed by atoms with Crippen LogP contribution in [0.5, 0.6) is 0 Å². The van der Waals surface area contributed by atoms with Gasteiger partial charge in [0.2, 0.25) is 0 Å². The molecule has 0 fully saturated rings. The molecule has 49 heavy (non-hydrogen) atoms. The number of carbonyl (C=O) groups is 1. The zero-order valence-corrected chi connectivity index (χ0v) is 32.4.